The van der Waals surface area contributed by atoms with Crippen LogP contribution in [0.3, 0.4) is 0 Å². The van der Waals surface area contributed by atoms with E-state index in [-0.39, 0.29) is 22.2 Å². The molecular weight excluding hydrogens is 449 g/mol. The second-order valence-corrected chi connectivity index (χ2v) is 8.42. The summed E-state index contributed by atoms with van der Waals surface area (Å²) in [5, 5.41) is 22.2. The van der Waals surface area contributed by atoms with E-state index in [2.05, 4.69) is 4.98 Å². The van der Waals surface area contributed by atoms with Gasteiger partial charge in [0.05, 0.1) is 21.8 Å². The van der Waals surface area contributed by atoms with E-state index in [0.29, 0.717) is 21.5 Å². The van der Waals surface area contributed by atoms with Gasteiger partial charge in [-0.3, -0.25) is 14.5 Å². The van der Waals surface area contributed by atoms with Crippen molar-refractivity contribution in [2.24, 2.45) is 0 Å². The van der Waals surface area contributed by atoms with Gasteiger partial charge in [-0.05, 0) is 55.0 Å². The van der Waals surface area contributed by atoms with Gasteiger partial charge in [-0.2, -0.15) is 0 Å². The number of ketones is 1. The fourth-order valence-corrected chi connectivity index (χ4v) is 4.82. The van der Waals surface area contributed by atoms with Gasteiger partial charge in [0.2, 0.25) is 5.78 Å². The number of nitrogens with one attached hydrogen (secondary N) is 1. The maximum atomic E-state index is 13.7. The summed E-state index contributed by atoms with van der Waals surface area (Å²) in [5.74, 6) is -2.27. The first-order valence-corrected chi connectivity index (χ1v) is 10.6. The third kappa shape index (κ3) is 3.45. The molecular formula is C23H15FN3O5S-. The van der Waals surface area contributed by atoms with Crippen molar-refractivity contribution < 1.29 is 23.5 Å². The number of Topliss-reactive ketones (excluding diaryl/α,β-unsaturated/α-hetero) is 1. The number of halogens is 1. The first-order chi connectivity index (χ1) is 15.9. The summed E-state index contributed by atoms with van der Waals surface area (Å²) in [7, 11) is 0. The number of aliphatic hydroxyl groups excluding tert-OH is 1. The monoisotopic (exact) mass is 464 g/mol. The van der Waals surface area contributed by atoms with Crippen LogP contribution in [0.15, 0.2) is 70.3 Å². The lowest BCUT2D eigenvalue weighted by atomic mass is 9.95. The number of nitrogens with zero attached hydrogens (tertiary/aromatic N) is 2. The minimum Gasteiger partial charge on any atom is -0.761 e. The standard InChI is InChI=1S/C23H15FN3O5S/c1-11-5-8-16(32-11)20(28)18-19(12-3-2-4-14(9-12)26-31)27(22(30)21(18)29)23-25-15-7-6-13(24)10-17(15)33-23/h2-10,19,26,29H,1H3/q-1. The highest BCUT2D eigenvalue weighted by atomic mass is 32.1. The van der Waals surface area contributed by atoms with Crippen molar-refractivity contribution in [2.45, 2.75) is 13.0 Å². The number of anilines is 2. The zero-order chi connectivity index (χ0) is 23.3. The zero-order valence-electron chi connectivity index (χ0n) is 17.0. The lowest BCUT2D eigenvalue weighted by molar-refractivity contribution is -0.117. The molecule has 0 radical (unpaired) electrons. The number of aromatic nitrogens is 1. The Balaban J connectivity index is 1.69. The van der Waals surface area contributed by atoms with E-state index in [0.717, 1.165) is 11.3 Å². The van der Waals surface area contributed by atoms with E-state index in [1.54, 1.807) is 30.6 Å². The van der Waals surface area contributed by atoms with E-state index in [9.17, 15) is 24.3 Å². The molecule has 0 fully saturated rings. The maximum absolute atomic E-state index is 13.7. The molecule has 8 nitrogen and oxygen atoms in total. The molecule has 0 bridgehead atoms. The van der Waals surface area contributed by atoms with Crippen LogP contribution in [0.1, 0.15) is 27.9 Å². The molecule has 4 aromatic rings. The minimum atomic E-state index is -1.09. The summed E-state index contributed by atoms with van der Waals surface area (Å²) in [6.45, 7) is 1.66. The zero-order valence-corrected chi connectivity index (χ0v) is 17.9. The van der Waals surface area contributed by atoms with Gasteiger partial charge in [0.1, 0.15) is 11.6 Å². The van der Waals surface area contributed by atoms with Crippen molar-refractivity contribution in [1.82, 2.24) is 4.98 Å². The Morgan fingerprint density at radius 1 is 1.24 bits per heavy atom. The van der Waals surface area contributed by atoms with Crippen LogP contribution in [0.25, 0.3) is 10.2 Å². The van der Waals surface area contributed by atoms with E-state index < -0.39 is 29.3 Å². The fourth-order valence-electron chi connectivity index (χ4n) is 3.80. The molecule has 33 heavy (non-hydrogen) atoms. The summed E-state index contributed by atoms with van der Waals surface area (Å²) in [4.78, 5) is 32.1. The average molecular weight is 464 g/mol. The van der Waals surface area contributed by atoms with Gasteiger partial charge < -0.3 is 20.2 Å². The van der Waals surface area contributed by atoms with Crippen LogP contribution in [-0.2, 0) is 4.79 Å². The number of aliphatic hydroxyl groups is 1. The second kappa shape index (κ2) is 7.84. The second-order valence-electron chi connectivity index (χ2n) is 7.42. The Morgan fingerprint density at radius 2 is 2.06 bits per heavy atom. The molecule has 1 unspecified atom stereocenters. The summed E-state index contributed by atoms with van der Waals surface area (Å²) < 4.78 is 19.6. The van der Waals surface area contributed by atoms with Gasteiger partial charge in [0, 0.05) is 5.69 Å². The number of hydrogen-bond acceptors (Lipinski definition) is 8. The molecule has 0 saturated carbocycles. The number of furan rings is 1. The predicted octanol–water partition coefficient (Wildman–Crippen LogP) is 5.03. The number of fused-ring (bicyclic) bond motifs is 1. The van der Waals surface area contributed by atoms with Crippen molar-refractivity contribution in [3.63, 3.8) is 0 Å². The van der Waals surface area contributed by atoms with Crippen LogP contribution in [-0.4, -0.2) is 21.8 Å². The SMILES string of the molecule is Cc1ccc(C(=O)C2=C(O)C(=O)N(c3nc4ccc(F)cc4s3)C2c2cccc(N[O-])c2)o1. The number of hydrogen-bond donors (Lipinski definition) is 2. The average Bonchev–Trinajstić information content (AvgIpc) is 3.49. The number of aryl methyl sites for hydroxylation is 1. The molecule has 5 rings (SSSR count). The quantitative estimate of drug-likeness (QED) is 0.314. The molecule has 2 aromatic heterocycles. The van der Waals surface area contributed by atoms with Gasteiger partial charge in [-0.25, -0.2) is 9.37 Å². The van der Waals surface area contributed by atoms with Gasteiger partial charge in [-0.15, -0.1) is 0 Å². The molecule has 1 aliphatic heterocycles. The van der Waals surface area contributed by atoms with Gasteiger partial charge in [-0.1, -0.05) is 23.5 Å². The largest absolute Gasteiger partial charge is 0.761 e. The summed E-state index contributed by atoms with van der Waals surface area (Å²) in [6, 6.07) is 12.2. The van der Waals surface area contributed by atoms with E-state index in [1.807, 2.05) is 0 Å². The van der Waals surface area contributed by atoms with Gasteiger partial charge >= 0.3 is 0 Å². The molecule has 0 spiro atoms. The Morgan fingerprint density at radius 3 is 2.79 bits per heavy atom. The molecule has 1 amide bonds. The lowest BCUT2D eigenvalue weighted by Crippen LogP contribution is -2.31. The summed E-state index contributed by atoms with van der Waals surface area (Å²) >= 11 is 1.04. The molecule has 166 valence electrons. The number of benzene rings is 2. The van der Waals surface area contributed by atoms with Gasteiger partial charge in [0.25, 0.3) is 5.91 Å². The van der Waals surface area contributed by atoms with Crippen LogP contribution >= 0.6 is 11.3 Å². The lowest BCUT2D eigenvalue weighted by Gasteiger charge is -2.25. The van der Waals surface area contributed by atoms with Crippen molar-refractivity contribution in [2.75, 3.05) is 10.4 Å². The highest BCUT2D eigenvalue weighted by molar-refractivity contribution is 7.22. The van der Waals surface area contributed by atoms with E-state index in [1.165, 1.54) is 41.3 Å². The molecule has 2 aromatic carbocycles. The fraction of sp³-hybridized carbons (Fsp3) is 0.0870. The van der Waals surface area contributed by atoms with Crippen LogP contribution in [0.2, 0.25) is 0 Å². The smallest absolute Gasteiger partial charge is 0.296 e. The molecule has 1 aliphatic rings. The summed E-state index contributed by atoms with van der Waals surface area (Å²) in [6.07, 6.45) is 0. The molecule has 2 N–H and O–H groups in total. The molecule has 1 atom stereocenters. The number of carbonyl (C=O) groups excluding carboxylic acids is 2. The Labute approximate surface area is 190 Å². The Kier molecular flexibility index (Phi) is 4.95. The Hall–Kier alpha value is -4.02. The first kappa shape index (κ1) is 20.9. The topological polar surface area (TPSA) is 119 Å². The number of amides is 1. The van der Waals surface area contributed by atoms with E-state index in [4.69, 9.17) is 4.42 Å². The van der Waals surface area contributed by atoms with Crippen LogP contribution in [0, 0.1) is 17.9 Å². The summed E-state index contributed by atoms with van der Waals surface area (Å²) in [5.41, 5.74) is 2.64. The van der Waals surface area contributed by atoms with Gasteiger partial charge in [0.15, 0.2) is 16.7 Å². The van der Waals surface area contributed by atoms with Crippen molar-refractivity contribution in [3.8, 4) is 0 Å². The number of rotatable bonds is 5. The van der Waals surface area contributed by atoms with Crippen LogP contribution < -0.4 is 10.4 Å². The Bertz CT molecular complexity index is 1460. The number of thiazole rings is 1. The van der Waals surface area contributed by atoms with E-state index >= 15 is 0 Å². The van der Waals surface area contributed by atoms with Crippen molar-refractivity contribution >= 4 is 44.1 Å². The minimum absolute atomic E-state index is 0.0434. The van der Waals surface area contributed by atoms with Crippen LogP contribution in [0.5, 0.6) is 0 Å². The highest BCUT2D eigenvalue weighted by Crippen LogP contribution is 2.44. The normalized spacial score (nSPS) is 16.2. The highest BCUT2D eigenvalue weighted by Gasteiger charge is 2.46. The molecule has 3 heterocycles. The third-order valence-electron chi connectivity index (χ3n) is 5.28. The maximum Gasteiger partial charge on any atom is 0.296 e. The molecule has 0 saturated heterocycles. The van der Waals surface area contributed by atoms with Crippen molar-refractivity contribution in [1.29, 1.82) is 0 Å². The molecule has 0 aliphatic carbocycles. The third-order valence-corrected chi connectivity index (χ3v) is 6.30. The number of carbonyl (C=O) groups is 2. The molecule has 10 heteroatoms. The first-order valence-electron chi connectivity index (χ1n) is 9.79. The predicted molar refractivity (Wildman–Crippen MR) is 121 cm³/mol. The van der Waals surface area contributed by atoms with Crippen LogP contribution in [0.4, 0.5) is 15.2 Å². The van der Waals surface area contributed by atoms with Crippen molar-refractivity contribution in [3.05, 3.63) is 94.0 Å².